The molecule has 19 heavy (non-hydrogen) atoms. The molecule has 1 aromatic heterocycles. The molecule has 0 saturated carbocycles. The first-order valence-electron chi connectivity index (χ1n) is 6.88. The van der Waals surface area contributed by atoms with Crippen LogP contribution >= 0.6 is 0 Å². The summed E-state index contributed by atoms with van der Waals surface area (Å²) in [5.41, 5.74) is 1.83. The first-order chi connectivity index (χ1) is 9.24. The first-order valence-corrected chi connectivity index (χ1v) is 6.88. The monoisotopic (exact) mass is 255 g/mol. The Bertz CT molecular complexity index is 491. The molecule has 0 amide bonds. The largest absolute Gasteiger partial charge is 0.387 e. The highest BCUT2D eigenvalue weighted by Crippen LogP contribution is 2.42. The molecule has 0 aliphatic heterocycles. The van der Waals surface area contributed by atoms with Gasteiger partial charge in [-0.15, -0.1) is 0 Å². The van der Waals surface area contributed by atoms with E-state index in [1.165, 1.54) is 5.56 Å². The van der Waals surface area contributed by atoms with Crippen molar-refractivity contribution in [3.05, 3.63) is 66.0 Å². The van der Waals surface area contributed by atoms with Crippen molar-refractivity contribution < 1.29 is 5.11 Å². The van der Waals surface area contributed by atoms with Gasteiger partial charge in [-0.2, -0.15) is 0 Å². The number of aliphatic hydroxyl groups excluding tert-OH is 1. The minimum absolute atomic E-state index is 0.246. The Hall–Kier alpha value is -1.67. The fourth-order valence-electron chi connectivity index (χ4n) is 2.83. The molecule has 2 nitrogen and oxygen atoms in total. The third kappa shape index (κ3) is 2.54. The van der Waals surface area contributed by atoms with Gasteiger partial charge in [-0.25, -0.2) is 0 Å². The molecule has 1 unspecified atom stereocenters. The normalized spacial score (nSPS) is 13.2. The number of pyridine rings is 1. The molecule has 100 valence electrons. The van der Waals surface area contributed by atoms with Gasteiger partial charge in [-0.3, -0.25) is 4.98 Å². The number of rotatable bonds is 5. The zero-order chi connectivity index (χ0) is 13.7. The SMILES string of the molecule is CCC(CC)(c1ccccc1)C(O)c1cccnc1. The Balaban J connectivity index is 2.45. The molecule has 0 saturated heterocycles. The summed E-state index contributed by atoms with van der Waals surface area (Å²) in [5.74, 6) is 0. The maximum atomic E-state index is 10.8. The molecule has 1 atom stereocenters. The summed E-state index contributed by atoms with van der Waals surface area (Å²) in [6, 6.07) is 14.1. The minimum atomic E-state index is -0.529. The van der Waals surface area contributed by atoms with Crippen LogP contribution in [0, 0.1) is 0 Å². The second-order valence-corrected chi connectivity index (χ2v) is 4.92. The Morgan fingerprint density at radius 2 is 1.74 bits per heavy atom. The molecule has 2 aromatic rings. The third-order valence-electron chi connectivity index (χ3n) is 4.13. The van der Waals surface area contributed by atoms with Crippen LogP contribution in [-0.2, 0) is 5.41 Å². The van der Waals surface area contributed by atoms with E-state index in [1.807, 2.05) is 30.3 Å². The van der Waals surface area contributed by atoms with Crippen LogP contribution in [0.2, 0.25) is 0 Å². The fraction of sp³-hybridized carbons (Fsp3) is 0.353. The van der Waals surface area contributed by atoms with Crippen LogP contribution < -0.4 is 0 Å². The van der Waals surface area contributed by atoms with E-state index in [0.717, 1.165) is 18.4 Å². The molecule has 1 aromatic carbocycles. The van der Waals surface area contributed by atoms with Crippen molar-refractivity contribution in [1.29, 1.82) is 0 Å². The number of benzene rings is 1. The van der Waals surface area contributed by atoms with Crippen LogP contribution in [0.5, 0.6) is 0 Å². The Morgan fingerprint density at radius 1 is 1.05 bits per heavy atom. The fourth-order valence-corrected chi connectivity index (χ4v) is 2.83. The maximum Gasteiger partial charge on any atom is 0.0901 e. The Morgan fingerprint density at radius 3 is 2.26 bits per heavy atom. The molecule has 0 bridgehead atoms. The van der Waals surface area contributed by atoms with Crippen molar-refractivity contribution in [3.63, 3.8) is 0 Å². The van der Waals surface area contributed by atoms with E-state index in [1.54, 1.807) is 12.4 Å². The van der Waals surface area contributed by atoms with Gasteiger partial charge in [0.05, 0.1) is 6.10 Å². The number of nitrogens with zero attached hydrogens (tertiary/aromatic N) is 1. The Kier molecular flexibility index (Phi) is 4.33. The predicted octanol–water partition coefficient (Wildman–Crippen LogP) is 3.87. The number of hydrogen-bond acceptors (Lipinski definition) is 2. The second kappa shape index (κ2) is 5.98. The summed E-state index contributed by atoms with van der Waals surface area (Å²) in [7, 11) is 0. The van der Waals surface area contributed by atoms with Crippen LogP contribution in [0.3, 0.4) is 0 Å². The minimum Gasteiger partial charge on any atom is -0.387 e. The molecule has 1 N–H and O–H groups in total. The van der Waals surface area contributed by atoms with E-state index >= 15 is 0 Å². The van der Waals surface area contributed by atoms with Crippen molar-refractivity contribution in [3.8, 4) is 0 Å². The maximum absolute atomic E-state index is 10.8. The van der Waals surface area contributed by atoms with Crippen molar-refractivity contribution >= 4 is 0 Å². The number of aromatic nitrogens is 1. The molecule has 2 heteroatoms. The number of hydrogen-bond donors (Lipinski definition) is 1. The topological polar surface area (TPSA) is 33.1 Å². The first kappa shape index (κ1) is 13.8. The lowest BCUT2D eigenvalue weighted by Gasteiger charge is -2.37. The van der Waals surface area contributed by atoms with E-state index in [9.17, 15) is 5.11 Å². The van der Waals surface area contributed by atoms with Gasteiger partial charge in [-0.05, 0) is 30.0 Å². The summed E-state index contributed by atoms with van der Waals surface area (Å²) in [4.78, 5) is 4.12. The molecule has 0 aliphatic rings. The van der Waals surface area contributed by atoms with Gasteiger partial charge in [0.15, 0.2) is 0 Å². The average molecular weight is 255 g/mol. The van der Waals surface area contributed by atoms with Gasteiger partial charge in [0.25, 0.3) is 0 Å². The highest BCUT2D eigenvalue weighted by atomic mass is 16.3. The lowest BCUT2D eigenvalue weighted by molar-refractivity contribution is 0.0724. The van der Waals surface area contributed by atoms with Crippen LogP contribution in [0.25, 0.3) is 0 Å². The van der Waals surface area contributed by atoms with Gasteiger partial charge in [0.1, 0.15) is 0 Å². The summed E-state index contributed by atoms with van der Waals surface area (Å²) < 4.78 is 0. The predicted molar refractivity (Wildman–Crippen MR) is 77.9 cm³/mol. The summed E-state index contributed by atoms with van der Waals surface area (Å²) in [6.07, 6.45) is 4.75. The highest BCUT2D eigenvalue weighted by Gasteiger charge is 2.37. The van der Waals surface area contributed by atoms with Crippen LogP contribution in [0.1, 0.15) is 43.9 Å². The lowest BCUT2D eigenvalue weighted by atomic mass is 9.70. The van der Waals surface area contributed by atoms with E-state index in [4.69, 9.17) is 0 Å². The van der Waals surface area contributed by atoms with Gasteiger partial charge < -0.3 is 5.11 Å². The molecule has 2 rings (SSSR count). The van der Waals surface area contributed by atoms with Gasteiger partial charge in [0.2, 0.25) is 0 Å². The smallest absolute Gasteiger partial charge is 0.0901 e. The van der Waals surface area contributed by atoms with Gasteiger partial charge in [-0.1, -0.05) is 50.2 Å². The standard InChI is InChI=1S/C17H21NO/c1-3-17(4-2,15-10-6-5-7-11-15)16(19)14-9-8-12-18-13-14/h5-13,16,19H,3-4H2,1-2H3. The highest BCUT2D eigenvalue weighted by molar-refractivity contribution is 5.30. The van der Waals surface area contributed by atoms with E-state index < -0.39 is 6.10 Å². The molecule has 0 radical (unpaired) electrons. The zero-order valence-electron chi connectivity index (χ0n) is 11.6. The molecular formula is C17H21NO. The van der Waals surface area contributed by atoms with Crippen molar-refractivity contribution in [2.24, 2.45) is 0 Å². The lowest BCUT2D eigenvalue weighted by Crippen LogP contribution is -2.32. The van der Waals surface area contributed by atoms with Gasteiger partial charge >= 0.3 is 0 Å². The number of aliphatic hydroxyl groups is 1. The van der Waals surface area contributed by atoms with Crippen LogP contribution in [-0.4, -0.2) is 10.1 Å². The van der Waals surface area contributed by atoms with Crippen LogP contribution in [0.4, 0.5) is 0 Å². The average Bonchev–Trinajstić information content (AvgIpc) is 2.51. The van der Waals surface area contributed by atoms with Crippen LogP contribution in [0.15, 0.2) is 54.9 Å². The second-order valence-electron chi connectivity index (χ2n) is 4.92. The van der Waals surface area contributed by atoms with Gasteiger partial charge in [0, 0.05) is 17.8 Å². The summed E-state index contributed by atoms with van der Waals surface area (Å²) >= 11 is 0. The quantitative estimate of drug-likeness (QED) is 0.879. The molecule has 0 aliphatic carbocycles. The Labute approximate surface area is 115 Å². The zero-order valence-corrected chi connectivity index (χ0v) is 11.6. The summed E-state index contributed by atoms with van der Waals surface area (Å²) in [5, 5.41) is 10.8. The molecule has 0 fully saturated rings. The third-order valence-corrected chi connectivity index (χ3v) is 4.13. The molecular weight excluding hydrogens is 234 g/mol. The van der Waals surface area contributed by atoms with Crippen molar-refractivity contribution in [1.82, 2.24) is 4.98 Å². The van der Waals surface area contributed by atoms with Crippen molar-refractivity contribution in [2.45, 2.75) is 38.2 Å². The molecule has 1 heterocycles. The van der Waals surface area contributed by atoms with E-state index in [2.05, 4.69) is 31.0 Å². The van der Waals surface area contributed by atoms with Crippen molar-refractivity contribution in [2.75, 3.05) is 0 Å². The molecule has 0 spiro atoms. The van der Waals surface area contributed by atoms with E-state index in [0.29, 0.717) is 0 Å². The van der Waals surface area contributed by atoms with E-state index in [-0.39, 0.29) is 5.41 Å². The summed E-state index contributed by atoms with van der Waals surface area (Å²) in [6.45, 7) is 4.27.